The molecule has 1 aromatic carbocycles. The normalized spacial score (nSPS) is 13.4. The Morgan fingerprint density at radius 1 is 1.18 bits per heavy atom. The molecule has 0 fully saturated rings. The molecule has 0 unspecified atom stereocenters. The summed E-state index contributed by atoms with van der Waals surface area (Å²) >= 11 is 0. The Balaban J connectivity index is 1.48. The molecule has 0 atom stereocenters. The summed E-state index contributed by atoms with van der Waals surface area (Å²) in [4.78, 5) is 18.8. The number of carbonyl (C=O) groups excluding carboxylic acids is 1. The van der Waals surface area contributed by atoms with Gasteiger partial charge in [0, 0.05) is 43.5 Å². The van der Waals surface area contributed by atoms with Crippen LogP contribution >= 0.6 is 0 Å². The van der Waals surface area contributed by atoms with Gasteiger partial charge in [-0.2, -0.15) is 5.10 Å². The molecule has 2 aromatic heterocycles. The number of hydrogen-bond donors (Lipinski definition) is 2. The summed E-state index contributed by atoms with van der Waals surface area (Å²) in [5.74, 6) is 0.806. The van der Waals surface area contributed by atoms with Gasteiger partial charge in [-0.3, -0.25) is 10.3 Å². The van der Waals surface area contributed by atoms with Crippen molar-refractivity contribution in [2.45, 2.75) is 26.2 Å². The van der Waals surface area contributed by atoms with Crippen LogP contribution in [0.15, 0.2) is 72.9 Å². The molecule has 1 aliphatic heterocycles. The largest absolute Gasteiger partial charge is 0.457 e. The first-order valence-electron chi connectivity index (χ1n) is 10.8. The SMILES string of the molecule is CN1C=CC(Oc2ccc(NC(=O)Nc3cc(C(C)(C)C)nn3-c3cccnc3)c(F)c2)=CC1. The van der Waals surface area contributed by atoms with Crippen LogP contribution in [0, 0.1) is 5.82 Å². The maximum Gasteiger partial charge on any atom is 0.324 e. The molecule has 0 saturated carbocycles. The molecule has 2 amide bonds. The van der Waals surface area contributed by atoms with Gasteiger partial charge < -0.3 is 15.0 Å². The van der Waals surface area contributed by atoms with Crippen molar-refractivity contribution in [3.63, 3.8) is 0 Å². The van der Waals surface area contributed by atoms with Crippen LogP contribution in [0.4, 0.5) is 20.7 Å². The summed E-state index contributed by atoms with van der Waals surface area (Å²) in [6.07, 6.45) is 8.89. The van der Waals surface area contributed by atoms with Gasteiger partial charge in [0.2, 0.25) is 0 Å². The zero-order valence-corrected chi connectivity index (χ0v) is 19.5. The third-order valence-electron chi connectivity index (χ3n) is 5.11. The van der Waals surface area contributed by atoms with Gasteiger partial charge in [0.25, 0.3) is 0 Å². The number of allylic oxidation sites excluding steroid dienone is 1. The highest BCUT2D eigenvalue weighted by molar-refractivity contribution is 5.99. The number of hydrogen-bond acceptors (Lipinski definition) is 5. The van der Waals surface area contributed by atoms with Gasteiger partial charge in [-0.25, -0.2) is 13.9 Å². The molecule has 34 heavy (non-hydrogen) atoms. The fraction of sp³-hybridized carbons (Fsp3) is 0.240. The number of urea groups is 1. The summed E-state index contributed by atoms with van der Waals surface area (Å²) in [7, 11) is 1.95. The van der Waals surface area contributed by atoms with Crippen molar-refractivity contribution < 1.29 is 13.9 Å². The van der Waals surface area contributed by atoms with E-state index in [1.807, 2.05) is 51.1 Å². The number of aromatic nitrogens is 3. The van der Waals surface area contributed by atoms with Crippen LogP contribution in [0.5, 0.6) is 5.75 Å². The van der Waals surface area contributed by atoms with Crippen LogP contribution in [0.1, 0.15) is 26.5 Å². The molecule has 4 rings (SSSR count). The number of halogens is 1. The van der Waals surface area contributed by atoms with Crippen molar-refractivity contribution in [2.75, 3.05) is 24.2 Å². The minimum atomic E-state index is -0.610. The van der Waals surface area contributed by atoms with Gasteiger partial charge in [-0.15, -0.1) is 0 Å². The van der Waals surface area contributed by atoms with E-state index in [-0.39, 0.29) is 11.1 Å². The second-order valence-corrected chi connectivity index (χ2v) is 8.97. The van der Waals surface area contributed by atoms with Gasteiger partial charge in [0.1, 0.15) is 23.1 Å². The standard InChI is InChI=1S/C25H27FN6O2/c1-25(2,3)22-15-23(32(30-22)17-6-5-11-27-16-17)29-24(33)28-21-8-7-19(14-20(21)26)34-18-9-12-31(4)13-10-18/h5-12,14-16H,13H2,1-4H3,(H2,28,29,33). The van der Waals surface area contributed by atoms with Crippen molar-refractivity contribution in [1.82, 2.24) is 19.7 Å². The Morgan fingerprint density at radius 3 is 2.65 bits per heavy atom. The molecule has 1 aliphatic rings. The fourth-order valence-electron chi connectivity index (χ4n) is 3.22. The topological polar surface area (TPSA) is 84.3 Å². The zero-order valence-electron chi connectivity index (χ0n) is 19.5. The number of carbonyl (C=O) groups is 1. The minimum Gasteiger partial charge on any atom is -0.457 e. The highest BCUT2D eigenvalue weighted by Crippen LogP contribution is 2.27. The molecule has 3 heterocycles. The minimum absolute atomic E-state index is 0.0289. The lowest BCUT2D eigenvalue weighted by molar-refractivity contribution is 0.262. The number of nitrogens with zero attached hydrogens (tertiary/aromatic N) is 4. The van der Waals surface area contributed by atoms with E-state index in [0.717, 1.165) is 5.69 Å². The van der Waals surface area contributed by atoms with Gasteiger partial charge in [-0.1, -0.05) is 20.8 Å². The van der Waals surface area contributed by atoms with Gasteiger partial charge >= 0.3 is 6.03 Å². The summed E-state index contributed by atoms with van der Waals surface area (Å²) in [6, 6.07) is 9.12. The number of amides is 2. The van der Waals surface area contributed by atoms with E-state index in [2.05, 4.69) is 20.7 Å². The average Bonchev–Trinajstić information content (AvgIpc) is 3.22. The van der Waals surface area contributed by atoms with Gasteiger partial charge in [0.15, 0.2) is 0 Å². The lowest BCUT2D eigenvalue weighted by atomic mass is 9.92. The van der Waals surface area contributed by atoms with Crippen LogP contribution in [0.3, 0.4) is 0 Å². The first kappa shape index (κ1) is 23.0. The van der Waals surface area contributed by atoms with Gasteiger partial charge in [-0.05, 0) is 36.4 Å². The summed E-state index contributed by atoms with van der Waals surface area (Å²) in [5.41, 5.74) is 1.27. The van der Waals surface area contributed by atoms with E-state index < -0.39 is 11.8 Å². The highest BCUT2D eigenvalue weighted by Gasteiger charge is 2.22. The fourth-order valence-corrected chi connectivity index (χ4v) is 3.22. The maximum atomic E-state index is 14.7. The van der Waals surface area contributed by atoms with Crippen LogP contribution in [-0.4, -0.2) is 39.3 Å². The number of benzene rings is 1. The molecule has 0 spiro atoms. The van der Waals surface area contributed by atoms with Crippen LogP contribution in [0.2, 0.25) is 0 Å². The lowest BCUT2D eigenvalue weighted by Gasteiger charge is -2.17. The number of rotatable bonds is 5. The summed E-state index contributed by atoms with van der Waals surface area (Å²) < 4.78 is 22.0. The highest BCUT2D eigenvalue weighted by atomic mass is 19.1. The Labute approximate surface area is 197 Å². The Kier molecular flexibility index (Phi) is 6.36. The molecule has 0 radical (unpaired) electrons. The Bertz CT molecular complexity index is 1240. The van der Waals surface area contributed by atoms with E-state index in [1.54, 1.807) is 41.4 Å². The number of ether oxygens (including phenoxy) is 1. The van der Waals surface area contributed by atoms with Crippen molar-refractivity contribution >= 4 is 17.5 Å². The zero-order chi connectivity index (χ0) is 24.3. The Hall–Kier alpha value is -4.14. The molecule has 9 heteroatoms. The van der Waals surface area contributed by atoms with E-state index >= 15 is 0 Å². The Morgan fingerprint density at radius 2 is 2.00 bits per heavy atom. The van der Waals surface area contributed by atoms with Crippen LogP contribution < -0.4 is 15.4 Å². The molecule has 0 aliphatic carbocycles. The second kappa shape index (κ2) is 9.38. The van der Waals surface area contributed by atoms with Crippen molar-refractivity contribution in [2.24, 2.45) is 0 Å². The lowest BCUT2D eigenvalue weighted by Crippen LogP contribution is -2.22. The molecule has 0 saturated heterocycles. The maximum absolute atomic E-state index is 14.7. The first-order valence-corrected chi connectivity index (χ1v) is 10.8. The molecule has 3 aromatic rings. The van der Waals surface area contributed by atoms with Crippen LogP contribution in [-0.2, 0) is 5.41 Å². The van der Waals surface area contributed by atoms with Crippen molar-refractivity contribution in [1.29, 1.82) is 0 Å². The average molecular weight is 463 g/mol. The number of likely N-dealkylation sites (N-methyl/N-ethyl adjacent to an activating group) is 1. The monoisotopic (exact) mass is 462 g/mol. The van der Waals surface area contributed by atoms with Gasteiger partial charge in [0.05, 0.1) is 23.3 Å². The second-order valence-electron chi connectivity index (χ2n) is 8.97. The third kappa shape index (κ3) is 5.43. The molecule has 8 nitrogen and oxygen atoms in total. The van der Waals surface area contributed by atoms with E-state index in [0.29, 0.717) is 29.6 Å². The van der Waals surface area contributed by atoms with Crippen molar-refractivity contribution in [3.05, 3.63) is 84.4 Å². The quantitative estimate of drug-likeness (QED) is 0.553. The molecular weight excluding hydrogens is 435 g/mol. The van der Waals surface area contributed by atoms with Crippen LogP contribution in [0.25, 0.3) is 5.69 Å². The van der Waals surface area contributed by atoms with E-state index in [4.69, 9.17) is 4.74 Å². The number of nitrogens with one attached hydrogen (secondary N) is 2. The predicted octanol–water partition coefficient (Wildman–Crippen LogP) is 5.07. The van der Waals surface area contributed by atoms with E-state index in [1.165, 1.54) is 12.1 Å². The van der Waals surface area contributed by atoms with E-state index in [9.17, 15) is 9.18 Å². The number of pyridine rings is 1. The smallest absolute Gasteiger partial charge is 0.324 e. The third-order valence-corrected chi connectivity index (χ3v) is 5.11. The summed E-state index contributed by atoms with van der Waals surface area (Å²) in [5, 5.41) is 9.94. The first-order chi connectivity index (χ1) is 16.2. The number of anilines is 2. The molecular formula is C25H27FN6O2. The van der Waals surface area contributed by atoms with Crippen molar-refractivity contribution in [3.8, 4) is 11.4 Å². The molecule has 2 N–H and O–H groups in total. The molecule has 0 bridgehead atoms. The molecule has 176 valence electrons. The summed E-state index contributed by atoms with van der Waals surface area (Å²) in [6.45, 7) is 6.80. The predicted molar refractivity (Wildman–Crippen MR) is 130 cm³/mol.